The lowest BCUT2D eigenvalue weighted by molar-refractivity contribution is -0.114. The van der Waals surface area contributed by atoms with Crippen molar-refractivity contribution in [3.8, 4) is 0 Å². The van der Waals surface area contributed by atoms with E-state index < -0.39 is 0 Å². The van der Waals surface area contributed by atoms with Crippen LogP contribution < -0.4 is 10.6 Å². The molecule has 0 bridgehead atoms. The molecule has 0 radical (unpaired) electrons. The van der Waals surface area contributed by atoms with Gasteiger partial charge in [-0.2, -0.15) is 0 Å². The van der Waals surface area contributed by atoms with Crippen molar-refractivity contribution in [2.45, 2.75) is 6.92 Å². The van der Waals surface area contributed by atoms with Crippen LogP contribution in [-0.2, 0) is 9.53 Å². The van der Waals surface area contributed by atoms with Crippen LogP contribution in [-0.4, -0.2) is 25.0 Å². The first-order valence-corrected chi connectivity index (χ1v) is 7.52. The third-order valence-corrected chi connectivity index (χ3v) is 3.19. The van der Waals surface area contributed by atoms with Crippen LogP contribution >= 0.6 is 11.6 Å². The Labute approximate surface area is 139 Å². The summed E-state index contributed by atoms with van der Waals surface area (Å²) in [6.45, 7) is 2.19. The summed E-state index contributed by atoms with van der Waals surface area (Å²) in [5, 5.41) is 6.28. The van der Waals surface area contributed by atoms with Gasteiger partial charge in [0, 0.05) is 16.4 Å². The first-order valence-electron chi connectivity index (χ1n) is 7.15. The monoisotopic (exact) mass is 332 g/mol. The maximum absolute atomic E-state index is 11.9. The lowest BCUT2D eigenvalue weighted by Gasteiger charge is -2.08. The minimum Gasteiger partial charge on any atom is -0.462 e. The number of nitrogens with one attached hydrogen (secondary N) is 2. The number of carbonyl (C=O) groups excluding carboxylic acids is 2. The van der Waals surface area contributed by atoms with Gasteiger partial charge in [-0.05, 0) is 49.4 Å². The fraction of sp³-hybridized carbons (Fsp3) is 0.176. The fourth-order valence-corrected chi connectivity index (χ4v) is 2.08. The summed E-state index contributed by atoms with van der Waals surface area (Å²) >= 11 is 5.86. The average molecular weight is 333 g/mol. The number of carbonyl (C=O) groups is 2. The van der Waals surface area contributed by atoms with Crippen LogP contribution in [0, 0.1) is 0 Å². The fourth-order valence-electron chi connectivity index (χ4n) is 1.89. The van der Waals surface area contributed by atoms with Gasteiger partial charge in [0.05, 0.1) is 18.7 Å². The highest BCUT2D eigenvalue weighted by Crippen LogP contribution is 2.15. The van der Waals surface area contributed by atoms with Crippen molar-refractivity contribution in [2.75, 3.05) is 23.8 Å². The highest BCUT2D eigenvalue weighted by atomic mass is 35.5. The van der Waals surface area contributed by atoms with Crippen molar-refractivity contribution in [1.82, 2.24) is 0 Å². The molecule has 0 saturated carbocycles. The first kappa shape index (κ1) is 16.8. The maximum Gasteiger partial charge on any atom is 0.338 e. The summed E-state index contributed by atoms with van der Waals surface area (Å²) in [6.07, 6.45) is 0. The molecule has 2 N–H and O–H groups in total. The number of benzene rings is 2. The van der Waals surface area contributed by atoms with E-state index in [4.69, 9.17) is 16.3 Å². The van der Waals surface area contributed by atoms with Gasteiger partial charge in [0.1, 0.15) is 0 Å². The molecule has 0 atom stereocenters. The molecule has 0 heterocycles. The van der Waals surface area contributed by atoms with Crippen LogP contribution in [0.2, 0.25) is 5.02 Å². The Balaban J connectivity index is 1.85. The Morgan fingerprint density at radius 1 is 1.09 bits per heavy atom. The molecule has 0 aliphatic heterocycles. The molecule has 23 heavy (non-hydrogen) atoms. The number of rotatable bonds is 6. The second-order valence-electron chi connectivity index (χ2n) is 4.71. The van der Waals surface area contributed by atoms with Crippen molar-refractivity contribution in [3.05, 3.63) is 59.1 Å². The minimum atomic E-state index is -0.363. The number of esters is 1. The van der Waals surface area contributed by atoms with Gasteiger partial charge >= 0.3 is 5.97 Å². The van der Waals surface area contributed by atoms with Gasteiger partial charge in [0.2, 0.25) is 5.91 Å². The molecule has 0 aromatic heterocycles. The molecule has 0 spiro atoms. The molecular weight excluding hydrogens is 316 g/mol. The average Bonchev–Trinajstić information content (AvgIpc) is 2.54. The molecule has 0 fully saturated rings. The predicted octanol–water partition coefficient (Wildman–Crippen LogP) is 3.57. The number of hydrogen-bond acceptors (Lipinski definition) is 4. The number of ether oxygens (including phenoxy) is 1. The molecular formula is C17H17ClN2O3. The van der Waals surface area contributed by atoms with Crippen LogP contribution in [0.5, 0.6) is 0 Å². The van der Waals surface area contributed by atoms with Crippen LogP contribution in [0.1, 0.15) is 17.3 Å². The number of halogens is 1. The topological polar surface area (TPSA) is 67.4 Å². The number of hydrogen-bond donors (Lipinski definition) is 2. The SMILES string of the molecule is CCOC(=O)c1ccc(NCC(=O)Nc2cccc(Cl)c2)cc1. The molecule has 6 heteroatoms. The number of amides is 1. The van der Waals surface area contributed by atoms with E-state index in [0.29, 0.717) is 22.9 Å². The summed E-state index contributed by atoms with van der Waals surface area (Å²) in [7, 11) is 0. The molecule has 0 unspecified atom stereocenters. The van der Waals surface area contributed by atoms with E-state index in [0.717, 1.165) is 5.69 Å². The molecule has 2 aromatic carbocycles. The van der Waals surface area contributed by atoms with Crippen molar-refractivity contribution in [3.63, 3.8) is 0 Å². The van der Waals surface area contributed by atoms with Crippen molar-refractivity contribution in [2.24, 2.45) is 0 Å². The maximum atomic E-state index is 11.9. The Bertz CT molecular complexity index is 686. The van der Waals surface area contributed by atoms with Gasteiger partial charge in [0.15, 0.2) is 0 Å². The Hall–Kier alpha value is -2.53. The zero-order valence-corrected chi connectivity index (χ0v) is 13.4. The summed E-state index contributed by atoms with van der Waals surface area (Å²) in [6, 6.07) is 13.7. The lowest BCUT2D eigenvalue weighted by atomic mass is 10.2. The molecule has 0 aliphatic rings. The molecule has 120 valence electrons. The molecule has 2 rings (SSSR count). The van der Waals surface area contributed by atoms with Gasteiger partial charge in [-0.1, -0.05) is 17.7 Å². The zero-order valence-electron chi connectivity index (χ0n) is 12.6. The summed E-state index contributed by atoms with van der Waals surface area (Å²) in [5.41, 5.74) is 1.85. The normalized spacial score (nSPS) is 10.0. The van der Waals surface area contributed by atoms with Crippen LogP contribution in [0.15, 0.2) is 48.5 Å². The second-order valence-corrected chi connectivity index (χ2v) is 5.15. The van der Waals surface area contributed by atoms with Crippen LogP contribution in [0.3, 0.4) is 0 Å². The molecule has 5 nitrogen and oxygen atoms in total. The number of anilines is 2. The van der Waals surface area contributed by atoms with Gasteiger partial charge in [-0.15, -0.1) is 0 Å². The Kier molecular flexibility index (Phi) is 6.00. The van der Waals surface area contributed by atoms with Gasteiger partial charge in [-0.25, -0.2) is 4.79 Å². The third-order valence-electron chi connectivity index (χ3n) is 2.96. The van der Waals surface area contributed by atoms with E-state index in [1.165, 1.54) is 0 Å². The van der Waals surface area contributed by atoms with E-state index in [9.17, 15) is 9.59 Å². The van der Waals surface area contributed by atoms with Gasteiger partial charge in [-0.3, -0.25) is 4.79 Å². The van der Waals surface area contributed by atoms with Crippen LogP contribution in [0.25, 0.3) is 0 Å². The predicted molar refractivity (Wildman–Crippen MR) is 91.0 cm³/mol. The van der Waals surface area contributed by atoms with Crippen molar-refractivity contribution >= 4 is 34.9 Å². The van der Waals surface area contributed by atoms with E-state index in [-0.39, 0.29) is 18.4 Å². The molecule has 2 aromatic rings. The summed E-state index contributed by atoms with van der Waals surface area (Å²) in [5.74, 6) is -0.556. The Morgan fingerprint density at radius 3 is 2.48 bits per heavy atom. The first-order chi connectivity index (χ1) is 11.1. The largest absolute Gasteiger partial charge is 0.462 e. The minimum absolute atomic E-state index is 0.102. The molecule has 0 aliphatic carbocycles. The highest BCUT2D eigenvalue weighted by molar-refractivity contribution is 6.30. The Morgan fingerprint density at radius 2 is 1.83 bits per heavy atom. The third kappa shape index (κ3) is 5.30. The van der Waals surface area contributed by atoms with E-state index in [1.54, 1.807) is 55.5 Å². The lowest BCUT2D eigenvalue weighted by Crippen LogP contribution is -2.21. The van der Waals surface area contributed by atoms with Gasteiger partial charge < -0.3 is 15.4 Å². The quantitative estimate of drug-likeness (QED) is 0.794. The summed E-state index contributed by atoms with van der Waals surface area (Å²) < 4.78 is 4.91. The van der Waals surface area contributed by atoms with E-state index in [1.807, 2.05) is 0 Å². The summed E-state index contributed by atoms with van der Waals surface area (Å²) in [4.78, 5) is 23.4. The standard InChI is InChI=1S/C17H17ClN2O3/c1-2-23-17(22)12-6-8-14(9-7-12)19-11-16(21)20-15-5-3-4-13(18)10-15/h3-10,19H,2,11H2,1H3,(H,20,21). The van der Waals surface area contributed by atoms with Crippen molar-refractivity contribution < 1.29 is 14.3 Å². The molecule has 0 saturated heterocycles. The molecule has 1 amide bonds. The van der Waals surface area contributed by atoms with Crippen molar-refractivity contribution in [1.29, 1.82) is 0 Å². The highest BCUT2D eigenvalue weighted by Gasteiger charge is 2.06. The van der Waals surface area contributed by atoms with Crippen LogP contribution in [0.4, 0.5) is 11.4 Å². The second kappa shape index (κ2) is 8.19. The zero-order chi connectivity index (χ0) is 16.7. The van der Waals surface area contributed by atoms with Gasteiger partial charge in [0.25, 0.3) is 0 Å². The van der Waals surface area contributed by atoms with E-state index >= 15 is 0 Å². The van der Waals surface area contributed by atoms with E-state index in [2.05, 4.69) is 10.6 Å². The smallest absolute Gasteiger partial charge is 0.338 e.